The predicted molar refractivity (Wildman–Crippen MR) is 55.3 cm³/mol. The molecule has 1 heterocycles. The van der Waals surface area contributed by atoms with Crippen LogP contribution in [-0.4, -0.2) is 10.2 Å². The number of aromatic nitrogens is 1. The lowest BCUT2D eigenvalue weighted by Crippen LogP contribution is -1.87. The zero-order valence-electron chi connectivity index (χ0n) is 6.84. The van der Waals surface area contributed by atoms with Gasteiger partial charge in [0.1, 0.15) is 10.3 Å². The average molecular weight is 222 g/mol. The van der Waals surface area contributed by atoms with E-state index in [1.54, 1.807) is 11.8 Å². The first kappa shape index (κ1) is 10.2. The predicted octanol–water partition coefficient (Wildman–Crippen LogP) is 3.89. The smallest absolute Gasteiger partial charge is 0.131 e. The highest BCUT2D eigenvalue weighted by Gasteiger charge is 2.01. The molecular formula is C8H9Cl2NS. The minimum atomic E-state index is 0.450. The van der Waals surface area contributed by atoms with Gasteiger partial charge in [-0.2, -0.15) is 0 Å². The molecule has 0 spiro atoms. The maximum atomic E-state index is 5.72. The van der Waals surface area contributed by atoms with Gasteiger partial charge in [0.15, 0.2) is 0 Å². The van der Waals surface area contributed by atoms with E-state index in [2.05, 4.69) is 18.8 Å². The van der Waals surface area contributed by atoms with Crippen LogP contribution in [0.25, 0.3) is 0 Å². The quantitative estimate of drug-likeness (QED) is 0.556. The number of thioether (sulfide) groups is 1. The van der Waals surface area contributed by atoms with E-state index < -0.39 is 0 Å². The van der Waals surface area contributed by atoms with Gasteiger partial charge >= 0.3 is 0 Å². The first-order valence-electron chi connectivity index (χ1n) is 3.57. The number of rotatable bonds is 2. The second-order valence-corrected chi connectivity index (χ2v) is 5.04. The second-order valence-electron chi connectivity index (χ2n) is 2.61. The molecule has 4 heteroatoms. The van der Waals surface area contributed by atoms with Crippen molar-refractivity contribution in [3.63, 3.8) is 0 Å². The summed E-state index contributed by atoms with van der Waals surface area (Å²) in [5, 5.41) is 1.43. The van der Waals surface area contributed by atoms with E-state index in [-0.39, 0.29) is 0 Å². The Hall–Kier alpha value is 0.0800. The third-order valence-electron chi connectivity index (χ3n) is 1.11. The Labute approximate surface area is 86.5 Å². The molecule has 0 aromatic carbocycles. The van der Waals surface area contributed by atoms with E-state index in [9.17, 15) is 0 Å². The van der Waals surface area contributed by atoms with Crippen LogP contribution in [0.2, 0.25) is 10.3 Å². The standard InChI is InChI=1S/C8H9Cl2NS/c1-5(2)12-6-3-7(9)11-8(10)4-6/h3-5H,1-2H3. The lowest BCUT2D eigenvalue weighted by atomic mass is 10.5. The fourth-order valence-corrected chi connectivity index (χ4v) is 2.28. The number of hydrogen-bond acceptors (Lipinski definition) is 2. The summed E-state index contributed by atoms with van der Waals surface area (Å²) >= 11 is 13.2. The van der Waals surface area contributed by atoms with Crippen LogP contribution in [0.4, 0.5) is 0 Å². The van der Waals surface area contributed by atoms with Gasteiger partial charge in [-0.15, -0.1) is 11.8 Å². The second kappa shape index (κ2) is 4.35. The molecule has 0 saturated heterocycles. The number of halogens is 2. The van der Waals surface area contributed by atoms with E-state index in [4.69, 9.17) is 23.2 Å². The largest absolute Gasteiger partial charge is 0.224 e. The minimum Gasteiger partial charge on any atom is -0.224 e. The van der Waals surface area contributed by atoms with Crippen molar-refractivity contribution >= 4 is 35.0 Å². The summed E-state index contributed by atoms with van der Waals surface area (Å²) in [4.78, 5) is 4.92. The van der Waals surface area contributed by atoms with Crippen molar-refractivity contribution in [3.8, 4) is 0 Å². The Kier molecular flexibility index (Phi) is 3.69. The molecule has 1 rings (SSSR count). The van der Waals surface area contributed by atoms with Gasteiger partial charge in [-0.3, -0.25) is 0 Å². The first-order valence-corrected chi connectivity index (χ1v) is 5.21. The van der Waals surface area contributed by atoms with E-state index in [0.29, 0.717) is 15.6 Å². The first-order chi connectivity index (χ1) is 5.58. The summed E-state index contributed by atoms with van der Waals surface area (Å²) in [5.74, 6) is 0. The maximum Gasteiger partial charge on any atom is 0.131 e. The molecule has 0 atom stereocenters. The van der Waals surface area contributed by atoms with Gasteiger partial charge in [-0.25, -0.2) is 4.98 Å². The van der Waals surface area contributed by atoms with Crippen LogP contribution >= 0.6 is 35.0 Å². The molecule has 1 nitrogen and oxygen atoms in total. The molecule has 12 heavy (non-hydrogen) atoms. The summed E-state index contributed by atoms with van der Waals surface area (Å²) in [6, 6.07) is 3.64. The van der Waals surface area contributed by atoms with Crippen LogP contribution in [0.15, 0.2) is 17.0 Å². The van der Waals surface area contributed by atoms with Crippen molar-refractivity contribution in [2.45, 2.75) is 24.0 Å². The highest BCUT2D eigenvalue weighted by molar-refractivity contribution is 7.99. The molecule has 0 unspecified atom stereocenters. The van der Waals surface area contributed by atoms with Gasteiger partial charge in [0.05, 0.1) is 0 Å². The molecule has 0 saturated carbocycles. The third kappa shape index (κ3) is 3.21. The normalized spacial score (nSPS) is 10.8. The molecule has 66 valence electrons. The molecule has 1 aromatic heterocycles. The van der Waals surface area contributed by atoms with E-state index in [0.717, 1.165) is 4.90 Å². The zero-order valence-corrected chi connectivity index (χ0v) is 9.17. The Morgan fingerprint density at radius 1 is 1.25 bits per heavy atom. The fourth-order valence-electron chi connectivity index (χ4n) is 0.783. The van der Waals surface area contributed by atoms with Gasteiger partial charge in [0, 0.05) is 10.1 Å². The fraction of sp³-hybridized carbons (Fsp3) is 0.375. The summed E-state index contributed by atoms with van der Waals surface area (Å²) in [6.07, 6.45) is 0. The lowest BCUT2D eigenvalue weighted by molar-refractivity contribution is 1.11. The third-order valence-corrected chi connectivity index (χ3v) is 2.47. The van der Waals surface area contributed by atoms with Gasteiger partial charge in [0.2, 0.25) is 0 Å². The SMILES string of the molecule is CC(C)Sc1cc(Cl)nc(Cl)c1. The van der Waals surface area contributed by atoms with Gasteiger partial charge in [-0.1, -0.05) is 37.0 Å². The lowest BCUT2D eigenvalue weighted by Gasteiger charge is -2.04. The van der Waals surface area contributed by atoms with Crippen LogP contribution in [0.5, 0.6) is 0 Å². The Balaban J connectivity index is 2.85. The van der Waals surface area contributed by atoms with Gasteiger partial charge in [-0.05, 0) is 12.1 Å². The van der Waals surface area contributed by atoms with E-state index >= 15 is 0 Å². The van der Waals surface area contributed by atoms with Crippen molar-refractivity contribution in [1.29, 1.82) is 0 Å². The monoisotopic (exact) mass is 221 g/mol. The highest BCUT2D eigenvalue weighted by atomic mass is 35.5. The average Bonchev–Trinajstić information content (AvgIpc) is 1.81. The van der Waals surface area contributed by atoms with Crippen LogP contribution in [0.3, 0.4) is 0 Å². The Bertz CT molecular complexity index is 256. The Morgan fingerprint density at radius 3 is 2.17 bits per heavy atom. The van der Waals surface area contributed by atoms with Gasteiger partial charge in [0.25, 0.3) is 0 Å². The maximum absolute atomic E-state index is 5.72. The molecule has 0 radical (unpaired) electrons. The number of pyridine rings is 1. The van der Waals surface area contributed by atoms with E-state index in [1.165, 1.54) is 0 Å². The highest BCUT2D eigenvalue weighted by Crippen LogP contribution is 2.26. The molecule has 0 bridgehead atoms. The molecule has 0 aliphatic rings. The molecule has 0 aliphatic carbocycles. The summed E-state index contributed by atoms with van der Waals surface area (Å²) in [7, 11) is 0. The number of nitrogens with zero attached hydrogens (tertiary/aromatic N) is 1. The Morgan fingerprint density at radius 2 is 1.75 bits per heavy atom. The van der Waals surface area contributed by atoms with Crippen LogP contribution in [0.1, 0.15) is 13.8 Å². The molecule has 0 N–H and O–H groups in total. The van der Waals surface area contributed by atoms with Crippen molar-refractivity contribution < 1.29 is 0 Å². The molecular weight excluding hydrogens is 213 g/mol. The van der Waals surface area contributed by atoms with Crippen LogP contribution in [-0.2, 0) is 0 Å². The topological polar surface area (TPSA) is 12.9 Å². The van der Waals surface area contributed by atoms with Crippen LogP contribution < -0.4 is 0 Å². The van der Waals surface area contributed by atoms with Crippen molar-refractivity contribution in [3.05, 3.63) is 22.4 Å². The van der Waals surface area contributed by atoms with Crippen molar-refractivity contribution in [2.24, 2.45) is 0 Å². The van der Waals surface area contributed by atoms with Gasteiger partial charge < -0.3 is 0 Å². The molecule has 1 aromatic rings. The number of hydrogen-bond donors (Lipinski definition) is 0. The van der Waals surface area contributed by atoms with E-state index in [1.807, 2.05) is 12.1 Å². The van der Waals surface area contributed by atoms with Crippen LogP contribution in [0, 0.1) is 0 Å². The molecule has 0 amide bonds. The zero-order chi connectivity index (χ0) is 9.14. The molecule has 0 fully saturated rings. The summed E-state index contributed by atoms with van der Waals surface area (Å²) < 4.78 is 0. The molecule has 0 aliphatic heterocycles. The van der Waals surface area contributed by atoms with Crippen molar-refractivity contribution in [2.75, 3.05) is 0 Å². The summed E-state index contributed by atoms with van der Waals surface area (Å²) in [5.41, 5.74) is 0. The minimum absolute atomic E-state index is 0.450. The van der Waals surface area contributed by atoms with Crippen molar-refractivity contribution in [1.82, 2.24) is 4.98 Å². The summed E-state index contributed by atoms with van der Waals surface area (Å²) in [6.45, 7) is 4.24.